The zero-order chi connectivity index (χ0) is 29.9. The Bertz CT molecular complexity index is 1660. The fourth-order valence-electron chi connectivity index (χ4n) is 4.82. The maximum atomic E-state index is 14.9. The number of piperazine rings is 1. The van der Waals surface area contributed by atoms with E-state index in [1.54, 1.807) is 37.5 Å². The van der Waals surface area contributed by atoms with Gasteiger partial charge < -0.3 is 20.3 Å². The molecule has 0 radical (unpaired) electrons. The quantitative estimate of drug-likeness (QED) is 0.267. The van der Waals surface area contributed by atoms with Crippen LogP contribution in [0.4, 0.5) is 14.9 Å². The first kappa shape index (κ1) is 28.7. The summed E-state index contributed by atoms with van der Waals surface area (Å²) >= 11 is 1.41. The SMILES string of the molecule is CC(=O)CCN1CCN(C(=O)c2ccc(-c3cc4nccc(Oc5ccc(NC(=O)NC6CC6)cc5F)c4s3)nc2)CC1. The Hall–Kier alpha value is -4.42. The van der Waals surface area contributed by atoms with E-state index in [2.05, 4.69) is 25.5 Å². The second-order valence-corrected chi connectivity index (χ2v) is 11.8. The van der Waals surface area contributed by atoms with Gasteiger partial charge in [0.2, 0.25) is 0 Å². The van der Waals surface area contributed by atoms with E-state index in [1.807, 2.05) is 17.0 Å². The number of pyridine rings is 2. The number of thiophene rings is 1. The zero-order valence-electron chi connectivity index (χ0n) is 23.6. The van der Waals surface area contributed by atoms with Gasteiger partial charge in [-0.05, 0) is 50.1 Å². The molecule has 1 saturated heterocycles. The molecular weight excluding hydrogens is 571 g/mol. The smallest absolute Gasteiger partial charge is 0.319 e. The summed E-state index contributed by atoms with van der Waals surface area (Å²) in [4.78, 5) is 50.1. The molecule has 4 aromatic rings. The van der Waals surface area contributed by atoms with Crippen LogP contribution in [0.5, 0.6) is 11.5 Å². The van der Waals surface area contributed by atoms with Crippen molar-refractivity contribution in [3.63, 3.8) is 0 Å². The molecule has 2 N–H and O–H groups in total. The van der Waals surface area contributed by atoms with Gasteiger partial charge in [-0.1, -0.05) is 0 Å². The third-order valence-electron chi connectivity index (χ3n) is 7.40. The van der Waals surface area contributed by atoms with Crippen LogP contribution in [0.1, 0.15) is 36.5 Å². The van der Waals surface area contributed by atoms with Gasteiger partial charge in [-0.2, -0.15) is 0 Å². The van der Waals surface area contributed by atoms with Gasteiger partial charge in [0, 0.05) is 75.4 Å². The van der Waals surface area contributed by atoms with Gasteiger partial charge in [-0.15, -0.1) is 11.3 Å². The maximum absolute atomic E-state index is 14.9. The van der Waals surface area contributed by atoms with E-state index < -0.39 is 5.82 Å². The Kier molecular flexibility index (Phi) is 8.30. The lowest BCUT2D eigenvalue weighted by Crippen LogP contribution is -2.49. The van der Waals surface area contributed by atoms with E-state index in [9.17, 15) is 18.8 Å². The third-order valence-corrected chi connectivity index (χ3v) is 8.56. The normalized spacial score (nSPS) is 15.3. The highest BCUT2D eigenvalue weighted by atomic mass is 32.1. The number of hydrogen-bond acceptors (Lipinski definition) is 8. The van der Waals surface area contributed by atoms with Crippen molar-refractivity contribution in [1.82, 2.24) is 25.1 Å². The molecule has 1 saturated carbocycles. The van der Waals surface area contributed by atoms with Gasteiger partial charge in [0.05, 0.1) is 26.4 Å². The highest BCUT2D eigenvalue weighted by Gasteiger charge is 2.24. The topological polar surface area (TPSA) is 117 Å². The summed E-state index contributed by atoms with van der Waals surface area (Å²) in [5.74, 6) is -0.0274. The zero-order valence-corrected chi connectivity index (χ0v) is 24.5. The number of fused-ring (bicyclic) bond motifs is 1. The Balaban J connectivity index is 1.11. The van der Waals surface area contributed by atoms with Crippen LogP contribution < -0.4 is 15.4 Å². The minimum atomic E-state index is -0.606. The van der Waals surface area contributed by atoms with Crippen LogP contribution in [0.3, 0.4) is 0 Å². The lowest BCUT2D eigenvalue weighted by atomic mass is 10.2. The van der Waals surface area contributed by atoms with E-state index in [0.717, 1.165) is 42.1 Å². The van der Waals surface area contributed by atoms with Crippen molar-refractivity contribution in [2.45, 2.75) is 32.2 Å². The summed E-state index contributed by atoms with van der Waals surface area (Å²) in [7, 11) is 0. The van der Waals surface area contributed by atoms with Gasteiger partial charge in [-0.25, -0.2) is 9.18 Å². The maximum Gasteiger partial charge on any atom is 0.319 e. The molecule has 1 aromatic carbocycles. The van der Waals surface area contributed by atoms with Crippen LogP contribution in [0.15, 0.2) is 54.9 Å². The van der Waals surface area contributed by atoms with Crippen molar-refractivity contribution in [2.75, 3.05) is 38.0 Å². The van der Waals surface area contributed by atoms with Gasteiger partial charge >= 0.3 is 6.03 Å². The summed E-state index contributed by atoms with van der Waals surface area (Å²) < 4.78 is 21.6. The highest BCUT2D eigenvalue weighted by molar-refractivity contribution is 7.22. The number of anilines is 1. The molecule has 0 bridgehead atoms. The molecule has 1 aliphatic heterocycles. The van der Waals surface area contributed by atoms with E-state index >= 15 is 0 Å². The molecule has 43 heavy (non-hydrogen) atoms. The van der Waals surface area contributed by atoms with E-state index in [0.29, 0.717) is 47.7 Å². The Morgan fingerprint density at radius 3 is 2.53 bits per heavy atom. The third kappa shape index (κ3) is 6.98. The van der Waals surface area contributed by atoms with Crippen molar-refractivity contribution in [3.8, 4) is 22.1 Å². The molecule has 12 heteroatoms. The molecule has 0 unspecified atom stereocenters. The minimum Gasteiger partial charge on any atom is -0.453 e. The Morgan fingerprint density at radius 2 is 1.84 bits per heavy atom. The highest BCUT2D eigenvalue weighted by Crippen LogP contribution is 2.39. The number of ketones is 1. The van der Waals surface area contributed by atoms with Crippen molar-refractivity contribution in [1.29, 1.82) is 0 Å². The lowest BCUT2D eigenvalue weighted by Gasteiger charge is -2.34. The minimum absolute atomic E-state index is 0.0243. The molecular formula is C31H31FN6O4S. The first-order valence-corrected chi connectivity index (χ1v) is 15.0. The van der Waals surface area contributed by atoms with Gasteiger partial charge in [0.25, 0.3) is 5.91 Å². The molecule has 0 atom stereocenters. The van der Waals surface area contributed by atoms with Crippen molar-refractivity contribution < 1.29 is 23.5 Å². The van der Waals surface area contributed by atoms with Crippen molar-refractivity contribution in [2.24, 2.45) is 0 Å². The number of amides is 3. The van der Waals surface area contributed by atoms with Crippen LogP contribution in [-0.4, -0.2) is 76.3 Å². The standard InChI is InChI=1S/C31H31FN6O4S/c1-19(39)9-11-37-12-14-38(15-13-37)30(40)20-2-6-24(34-18-20)28-17-25-29(43-28)27(8-10-33-25)42-26-7-5-22(16-23(26)32)36-31(41)35-21-3-4-21/h2,5-8,10,16-18,21H,3-4,9,11-15H2,1H3,(H2,35,36,41). The van der Waals surface area contributed by atoms with Crippen LogP contribution in [0.25, 0.3) is 20.8 Å². The lowest BCUT2D eigenvalue weighted by molar-refractivity contribution is -0.117. The van der Waals surface area contributed by atoms with E-state index in [4.69, 9.17) is 4.74 Å². The second-order valence-electron chi connectivity index (χ2n) is 10.8. The molecule has 3 amide bonds. The number of nitrogens with zero attached hydrogens (tertiary/aromatic N) is 4. The predicted molar refractivity (Wildman–Crippen MR) is 162 cm³/mol. The van der Waals surface area contributed by atoms with Crippen molar-refractivity contribution >= 4 is 45.0 Å². The van der Waals surface area contributed by atoms with Gasteiger partial charge in [0.15, 0.2) is 11.6 Å². The summed E-state index contributed by atoms with van der Waals surface area (Å²) in [6.45, 7) is 5.03. The average Bonchev–Trinajstić information content (AvgIpc) is 3.70. The second kappa shape index (κ2) is 12.4. The molecule has 1 aliphatic carbocycles. The number of ether oxygens (including phenoxy) is 1. The van der Waals surface area contributed by atoms with Gasteiger partial charge in [0.1, 0.15) is 11.5 Å². The monoisotopic (exact) mass is 602 g/mol. The molecule has 2 aliphatic rings. The number of hydrogen-bond donors (Lipinski definition) is 2. The molecule has 10 nitrogen and oxygen atoms in total. The first-order chi connectivity index (χ1) is 20.8. The molecule has 3 aromatic heterocycles. The molecule has 222 valence electrons. The number of nitrogens with one attached hydrogen (secondary N) is 2. The summed E-state index contributed by atoms with van der Waals surface area (Å²) in [6.07, 6.45) is 5.64. The fourth-order valence-corrected chi connectivity index (χ4v) is 5.86. The van der Waals surface area contributed by atoms with Crippen LogP contribution in [0, 0.1) is 5.82 Å². The van der Waals surface area contributed by atoms with Crippen molar-refractivity contribution in [3.05, 3.63) is 66.2 Å². The van der Waals surface area contributed by atoms with Crippen LogP contribution >= 0.6 is 11.3 Å². The number of carbonyl (C=O) groups is 3. The number of benzene rings is 1. The Morgan fingerprint density at radius 1 is 1.02 bits per heavy atom. The van der Waals surface area contributed by atoms with Crippen LogP contribution in [-0.2, 0) is 4.79 Å². The largest absolute Gasteiger partial charge is 0.453 e. The van der Waals surface area contributed by atoms with E-state index in [-0.39, 0.29) is 29.5 Å². The number of halogens is 1. The molecule has 6 rings (SSSR count). The fraction of sp³-hybridized carbons (Fsp3) is 0.323. The summed E-state index contributed by atoms with van der Waals surface area (Å²) in [5.41, 5.74) is 2.21. The number of Topliss-reactive ketones (excluding diaryl/α,β-unsaturated/α-hetero) is 1. The number of carbonyl (C=O) groups excluding carboxylic acids is 3. The number of urea groups is 1. The summed E-state index contributed by atoms with van der Waals surface area (Å²) in [5, 5.41) is 5.44. The predicted octanol–water partition coefficient (Wildman–Crippen LogP) is 5.31. The first-order valence-electron chi connectivity index (χ1n) is 14.2. The van der Waals surface area contributed by atoms with Gasteiger partial charge in [-0.3, -0.25) is 24.5 Å². The molecule has 2 fully saturated rings. The summed E-state index contributed by atoms with van der Waals surface area (Å²) in [6, 6.07) is 11.3. The Labute approximate surface area is 251 Å². The molecule has 4 heterocycles. The number of rotatable bonds is 9. The average molecular weight is 603 g/mol. The number of aromatic nitrogens is 2. The molecule has 0 spiro atoms. The van der Waals surface area contributed by atoms with E-state index in [1.165, 1.54) is 23.5 Å². The van der Waals surface area contributed by atoms with Crippen LogP contribution in [0.2, 0.25) is 0 Å².